The summed E-state index contributed by atoms with van der Waals surface area (Å²) in [4.78, 5) is 11.8. The SMILES string of the molecule is Nc1cc(N)cc(C(=O)NCc2cn[nH]c2)c1. The first-order chi connectivity index (χ1) is 8.15. The van der Waals surface area contributed by atoms with Crippen LogP contribution in [0.25, 0.3) is 0 Å². The number of nitrogens with zero attached hydrogens (tertiary/aromatic N) is 1. The number of carbonyl (C=O) groups is 1. The van der Waals surface area contributed by atoms with Gasteiger partial charge in [-0.3, -0.25) is 9.89 Å². The van der Waals surface area contributed by atoms with Crippen LogP contribution in [-0.2, 0) is 6.54 Å². The molecule has 0 spiro atoms. The number of benzene rings is 1. The summed E-state index contributed by atoms with van der Waals surface area (Å²) >= 11 is 0. The Kier molecular flexibility index (Phi) is 2.95. The van der Waals surface area contributed by atoms with Crippen molar-refractivity contribution in [2.45, 2.75) is 6.54 Å². The Labute approximate surface area is 98.0 Å². The van der Waals surface area contributed by atoms with Gasteiger partial charge in [0.05, 0.1) is 6.20 Å². The minimum atomic E-state index is -0.217. The molecule has 0 fully saturated rings. The third-order valence-corrected chi connectivity index (χ3v) is 2.25. The molecule has 2 rings (SSSR count). The molecule has 6 N–H and O–H groups in total. The summed E-state index contributed by atoms with van der Waals surface area (Å²) in [7, 11) is 0. The van der Waals surface area contributed by atoms with Gasteiger partial charge < -0.3 is 16.8 Å². The van der Waals surface area contributed by atoms with Crippen LogP contribution in [0.15, 0.2) is 30.6 Å². The molecule has 0 atom stereocenters. The van der Waals surface area contributed by atoms with Crippen LogP contribution in [0, 0.1) is 0 Å². The van der Waals surface area contributed by atoms with E-state index in [0.29, 0.717) is 23.5 Å². The molecule has 6 heteroatoms. The zero-order valence-electron chi connectivity index (χ0n) is 9.10. The maximum Gasteiger partial charge on any atom is 0.251 e. The average molecular weight is 231 g/mol. The van der Waals surface area contributed by atoms with Crippen LogP contribution in [-0.4, -0.2) is 16.1 Å². The molecule has 0 aliphatic rings. The van der Waals surface area contributed by atoms with E-state index < -0.39 is 0 Å². The first-order valence-corrected chi connectivity index (χ1v) is 5.07. The molecule has 2 aromatic rings. The van der Waals surface area contributed by atoms with E-state index in [-0.39, 0.29) is 5.91 Å². The summed E-state index contributed by atoms with van der Waals surface area (Å²) in [5.41, 5.74) is 13.5. The van der Waals surface area contributed by atoms with Crippen LogP contribution >= 0.6 is 0 Å². The van der Waals surface area contributed by atoms with E-state index in [1.807, 2.05) is 0 Å². The van der Waals surface area contributed by atoms with Crippen molar-refractivity contribution in [2.75, 3.05) is 11.5 Å². The number of nitrogens with two attached hydrogens (primary N) is 2. The lowest BCUT2D eigenvalue weighted by Crippen LogP contribution is -2.22. The monoisotopic (exact) mass is 231 g/mol. The Morgan fingerprint density at radius 3 is 2.59 bits per heavy atom. The highest BCUT2D eigenvalue weighted by atomic mass is 16.1. The highest BCUT2D eigenvalue weighted by Crippen LogP contribution is 2.13. The molecule has 0 saturated heterocycles. The Bertz CT molecular complexity index is 500. The van der Waals surface area contributed by atoms with E-state index in [0.717, 1.165) is 5.56 Å². The molecule has 1 amide bonds. The molecule has 1 heterocycles. The maximum atomic E-state index is 11.8. The maximum absolute atomic E-state index is 11.8. The normalized spacial score (nSPS) is 10.1. The zero-order valence-corrected chi connectivity index (χ0v) is 9.10. The average Bonchev–Trinajstić information content (AvgIpc) is 2.77. The van der Waals surface area contributed by atoms with Crippen LogP contribution < -0.4 is 16.8 Å². The number of amides is 1. The van der Waals surface area contributed by atoms with Crippen molar-refractivity contribution in [3.05, 3.63) is 41.7 Å². The van der Waals surface area contributed by atoms with E-state index in [2.05, 4.69) is 15.5 Å². The first kappa shape index (κ1) is 11.0. The van der Waals surface area contributed by atoms with Crippen molar-refractivity contribution in [1.29, 1.82) is 0 Å². The van der Waals surface area contributed by atoms with E-state index in [1.165, 1.54) is 0 Å². The molecule has 0 unspecified atom stereocenters. The number of aromatic amines is 1. The molecule has 88 valence electrons. The summed E-state index contributed by atoms with van der Waals surface area (Å²) in [6.07, 6.45) is 3.36. The van der Waals surface area contributed by atoms with Gasteiger partial charge in [0.2, 0.25) is 0 Å². The van der Waals surface area contributed by atoms with Crippen LogP contribution in [0.1, 0.15) is 15.9 Å². The predicted octanol–water partition coefficient (Wildman–Crippen LogP) is 0.504. The molecule has 6 nitrogen and oxygen atoms in total. The van der Waals surface area contributed by atoms with E-state index in [9.17, 15) is 4.79 Å². The fraction of sp³-hybridized carbons (Fsp3) is 0.0909. The number of aromatic nitrogens is 2. The zero-order chi connectivity index (χ0) is 12.3. The summed E-state index contributed by atoms with van der Waals surface area (Å²) in [6.45, 7) is 0.407. The number of hydrogen-bond donors (Lipinski definition) is 4. The molecule has 0 radical (unpaired) electrons. The van der Waals surface area contributed by atoms with E-state index in [4.69, 9.17) is 11.5 Å². The van der Waals surface area contributed by atoms with E-state index in [1.54, 1.807) is 30.6 Å². The van der Waals surface area contributed by atoms with Gasteiger partial charge in [-0.05, 0) is 18.2 Å². The van der Waals surface area contributed by atoms with Crippen molar-refractivity contribution in [3.63, 3.8) is 0 Å². The second-order valence-electron chi connectivity index (χ2n) is 3.68. The molecule has 1 aromatic carbocycles. The van der Waals surface area contributed by atoms with Crippen molar-refractivity contribution in [2.24, 2.45) is 0 Å². The Hall–Kier alpha value is -2.50. The van der Waals surface area contributed by atoms with Crippen molar-refractivity contribution < 1.29 is 4.79 Å². The van der Waals surface area contributed by atoms with Crippen molar-refractivity contribution in [3.8, 4) is 0 Å². The second-order valence-corrected chi connectivity index (χ2v) is 3.68. The Morgan fingerprint density at radius 2 is 2.00 bits per heavy atom. The highest BCUT2D eigenvalue weighted by molar-refractivity contribution is 5.96. The minimum Gasteiger partial charge on any atom is -0.399 e. The highest BCUT2D eigenvalue weighted by Gasteiger charge is 2.07. The molecule has 0 aliphatic carbocycles. The van der Waals surface area contributed by atoms with Crippen LogP contribution in [0.3, 0.4) is 0 Å². The fourth-order valence-electron chi connectivity index (χ4n) is 1.47. The van der Waals surface area contributed by atoms with Crippen LogP contribution in [0.2, 0.25) is 0 Å². The van der Waals surface area contributed by atoms with Gasteiger partial charge in [0.15, 0.2) is 0 Å². The van der Waals surface area contributed by atoms with E-state index >= 15 is 0 Å². The third kappa shape index (κ3) is 2.75. The quantitative estimate of drug-likeness (QED) is 0.576. The number of nitrogens with one attached hydrogen (secondary N) is 2. The van der Waals surface area contributed by atoms with Gasteiger partial charge in [0.25, 0.3) is 5.91 Å². The summed E-state index contributed by atoms with van der Waals surface area (Å²) < 4.78 is 0. The van der Waals surface area contributed by atoms with Gasteiger partial charge in [-0.2, -0.15) is 5.10 Å². The number of carbonyl (C=O) groups excluding carboxylic acids is 1. The lowest BCUT2D eigenvalue weighted by atomic mass is 10.1. The summed E-state index contributed by atoms with van der Waals surface area (Å²) in [6, 6.07) is 4.77. The number of nitrogen functional groups attached to an aromatic ring is 2. The van der Waals surface area contributed by atoms with Gasteiger partial charge in [-0.15, -0.1) is 0 Å². The van der Waals surface area contributed by atoms with Gasteiger partial charge in [0, 0.05) is 35.2 Å². The molecule has 0 saturated carbocycles. The number of H-pyrrole nitrogens is 1. The fourth-order valence-corrected chi connectivity index (χ4v) is 1.47. The second kappa shape index (κ2) is 4.56. The largest absolute Gasteiger partial charge is 0.399 e. The summed E-state index contributed by atoms with van der Waals surface area (Å²) in [5.74, 6) is -0.217. The lowest BCUT2D eigenvalue weighted by molar-refractivity contribution is 0.0951. The minimum absolute atomic E-state index is 0.217. The lowest BCUT2D eigenvalue weighted by Gasteiger charge is -2.05. The molecule has 0 aliphatic heterocycles. The molecule has 0 bridgehead atoms. The van der Waals surface area contributed by atoms with Crippen LogP contribution in [0.5, 0.6) is 0 Å². The summed E-state index contributed by atoms with van der Waals surface area (Å²) in [5, 5.41) is 9.20. The first-order valence-electron chi connectivity index (χ1n) is 5.07. The van der Waals surface area contributed by atoms with Gasteiger partial charge >= 0.3 is 0 Å². The number of hydrogen-bond acceptors (Lipinski definition) is 4. The van der Waals surface area contributed by atoms with Gasteiger partial charge in [-0.25, -0.2) is 0 Å². The standard InChI is InChI=1S/C11H13N5O/c12-9-1-8(2-10(13)3-9)11(17)14-4-7-5-15-16-6-7/h1-3,5-6H,4,12-13H2,(H,14,17)(H,15,16). The van der Waals surface area contributed by atoms with Crippen LogP contribution in [0.4, 0.5) is 11.4 Å². The molecular formula is C11H13N5O. The Balaban J connectivity index is 2.04. The molecule has 17 heavy (non-hydrogen) atoms. The molecular weight excluding hydrogens is 218 g/mol. The predicted molar refractivity (Wildman–Crippen MR) is 65.0 cm³/mol. The smallest absolute Gasteiger partial charge is 0.251 e. The van der Waals surface area contributed by atoms with Crippen molar-refractivity contribution in [1.82, 2.24) is 15.5 Å². The topological polar surface area (TPSA) is 110 Å². The molecule has 1 aromatic heterocycles. The van der Waals surface area contributed by atoms with Gasteiger partial charge in [0.1, 0.15) is 0 Å². The third-order valence-electron chi connectivity index (χ3n) is 2.25. The van der Waals surface area contributed by atoms with Gasteiger partial charge in [-0.1, -0.05) is 0 Å². The number of rotatable bonds is 3. The Morgan fingerprint density at radius 1 is 1.29 bits per heavy atom. The number of anilines is 2. The van der Waals surface area contributed by atoms with Crippen molar-refractivity contribution >= 4 is 17.3 Å².